The van der Waals surface area contributed by atoms with E-state index in [-0.39, 0.29) is 24.8 Å². The number of carbonyl (C=O) groups excluding carboxylic acids is 2. The first-order valence-electron chi connectivity index (χ1n) is 7.07. The van der Waals surface area contributed by atoms with Gasteiger partial charge in [-0.05, 0) is 37.1 Å². The molecule has 5 heteroatoms. The Balaban J connectivity index is 1.82. The number of nitrogens with zero attached hydrogens (tertiary/aromatic N) is 1. The Morgan fingerprint density at radius 2 is 1.95 bits per heavy atom. The lowest BCUT2D eigenvalue weighted by Gasteiger charge is -2.09. The molecule has 0 aliphatic rings. The van der Waals surface area contributed by atoms with Crippen molar-refractivity contribution >= 4 is 17.5 Å². The number of amides is 2. The van der Waals surface area contributed by atoms with Crippen molar-refractivity contribution in [1.82, 2.24) is 10.3 Å². The number of pyridine rings is 1. The van der Waals surface area contributed by atoms with Gasteiger partial charge in [-0.15, -0.1) is 0 Å². The van der Waals surface area contributed by atoms with E-state index in [1.54, 1.807) is 24.5 Å². The van der Waals surface area contributed by atoms with Gasteiger partial charge in [-0.25, -0.2) is 0 Å². The summed E-state index contributed by atoms with van der Waals surface area (Å²) in [6.45, 7) is 3.90. The molecule has 2 amide bonds. The standard InChI is InChI=1S/C17H19N3O2/c1-12-5-6-13(2)14(8-12)9-16(21)19-11-17(22)20-15-4-3-7-18-10-15/h3-8,10H,9,11H2,1-2H3,(H,19,21)(H,20,22). The Labute approximate surface area is 129 Å². The van der Waals surface area contributed by atoms with E-state index in [1.807, 2.05) is 32.0 Å². The zero-order chi connectivity index (χ0) is 15.9. The summed E-state index contributed by atoms with van der Waals surface area (Å²) in [5.41, 5.74) is 3.77. The highest BCUT2D eigenvalue weighted by molar-refractivity contribution is 5.94. The van der Waals surface area contributed by atoms with Gasteiger partial charge in [0.05, 0.1) is 24.8 Å². The first kappa shape index (κ1) is 15.7. The summed E-state index contributed by atoms with van der Waals surface area (Å²) in [6.07, 6.45) is 3.45. The monoisotopic (exact) mass is 297 g/mol. The van der Waals surface area contributed by atoms with Crippen LogP contribution in [0.1, 0.15) is 16.7 Å². The van der Waals surface area contributed by atoms with E-state index >= 15 is 0 Å². The Morgan fingerprint density at radius 1 is 1.14 bits per heavy atom. The molecular weight excluding hydrogens is 278 g/mol. The third-order valence-corrected chi connectivity index (χ3v) is 3.25. The third-order valence-electron chi connectivity index (χ3n) is 3.25. The minimum atomic E-state index is -0.276. The largest absolute Gasteiger partial charge is 0.347 e. The predicted octanol–water partition coefficient (Wildman–Crippen LogP) is 2.00. The fourth-order valence-corrected chi connectivity index (χ4v) is 2.05. The number of rotatable bonds is 5. The fraction of sp³-hybridized carbons (Fsp3) is 0.235. The molecule has 0 aliphatic carbocycles. The van der Waals surface area contributed by atoms with Crippen LogP contribution in [0.2, 0.25) is 0 Å². The lowest BCUT2D eigenvalue weighted by molar-refractivity contribution is -0.123. The van der Waals surface area contributed by atoms with E-state index in [4.69, 9.17) is 0 Å². The lowest BCUT2D eigenvalue weighted by Crippen LogP contribution is -2.33. The van der Waals surface area contributed by atoms with Crippen molar-refractivity contribution in [3.8, 4) is 0 Å². The number of aromatic nitrogens is 1. The second kappa shape index (κ2) is 7.36. The van der Waals surface area contributed by atoms with Gasteiger partial charge in [0.1, 0.15) is 0 Å². The second-order valence-electron chi connectivity index (χ2n) is 5.17. The van der Waals surface area contributed by atoms with Gasteiger partial charge >= 0.3 is 0 Å². The van der Waals surface area contributed by atoms with Gasteiger partial charge < -0.3 is 10.6 Å². The average Bonchev–Trinajstić information content (AvgIpc) is 2.50. The molecule has 0 fully saturated rings. The molecule has 0 spiro atoms. The molecule has 1 heterocycles. The summed E-state index contributed by atoms with van der Waals surface area (Å²) in [7, 11) is 0. The van der Waals surface area contributed by atoms with E-state index in [2.05, 4.69) is 15.6 Å². The molecule has 0 aliphatic heterocycles. The maximum absolute atomic E-state index is 11.9. The van der Waals surface area contributed by atoms with Crippen LogP contribution < -0.4 is 10.6 Å². The van der Waals surface area contributed by atoms with E-state index in [0.717, 1.165) is 16.7 Å². The molecule has 2 rings (SSSR count). The Hall–Kier alpha value is -2.69. The zero-order valence-corrected chi connectivity index (χ0v) is 12.7. The third kappa shape index (κ3) is 4.70. The molecule has 1 aromatic heterocycles. The number of nitrogens with one attached hydrogen (secondary N) is 2. The van der Waals surface area contributed by atoms with Crippen LogP contribution in [-0.4, -0.2) is 23.3 Å². The van der Waals surface area contributed by atoms with E-state index in [0.29, 0.717) is 5.69 Å². The number of anilines is 1. The van der Waals surface area contributed by atoms with E-state index in [9.17, 15) is 9.59 Å². The van der Waals surface area contributed by atoms with Gasteiger partial charge in [0.15, 0.2) is 0 Å². The number of benzene rings is 1. The van der Waals surface area contributed by atoms with Gasteiger partial charge in [0, 0.05) is 6.20 Å². The van der Waals surface area contributed by atoms with Crippen molar-refractivity contribution in [1.29, 1.82) is 0 Å². The summed E-state index contributed by atoms with van der Waals surface area (Å²) in [5.74, 6) is -0.447. The molecule has 5 nitrogen and oxygen atoms in total. The van der Waals surface area contributed by atoms with Crippen LogP contribution in [0.3, 0.4) is 0 Å². The quantitative estimate of drug-likeness (QED) is 0.886. The van der Waals surface area contributed by atoms with Crippen LogP contribution in [0.25, 0.3) is 0 Å². The van der Waals surface area contributed by atoms with Crippen LogP contribution >= 0.6 is 0 Å². The molecule has 0 radical (unpaired) electrons. The zero-order valence-electron chi connectivity index (χ0n) is 12.7. The topological polar surface area (TPSA) is 71.1 Å². The maximum Gasteiger partial charge on any atom is 0.243 e. The minimum Gasteiger partial charge on any atom is -0.347 e. The summed E-state index contributed by atoms with van der Waals surface area (Å²) >= 11 is 0. The van der Waals surface area contributed by atoms with E-state index < -0.39 is 0 Å². The highest BCUT2D eigenvalue weighted by Gasteiger charge is 2.08. The molecule has 114 valence electrons. The smallest absolute Gasteiger partial charge is 0.243 e. The van der Waals surface area contributed by atoms with Crippen molar-refractivity contribution in [2.45, 2.75) is 20.3 Å². The lowest BCUT2D eigenvalue weighted by atomic mass is 10.0. The molecule has 2 N–H and O–H groups in total. The van der Waals surface area contributed by atoms with Crippen molar-refractivity contribution in [3.05, 3.63) is 59.4 Å². The van der Waals surface area contributed by atoms with Crippen molar-refractivity contribution in [3.63, 3.8) is 0 Å². The van der Waals surface area contributed by atoms with Gasteiger partial charge in [0.25, 0.3) is 0 Å². The van der Waals surface area contributed by atoms with Gasteiger partial charge in [0.2, 0.25) is 11.8 Å². The SMILES string of the molecule is Cc1ccc(C)c(CC(=O)NCC(=O)Nc2cccnc2)c1. The molecular formula is C17H19N3O2. The van der Waals surface area contributed by atoms with Crippen LogP contribution in [-0.2, 0) is 16.0 Å². The van der Waals surface area contributed by atoms with Gasteiger partial charge in [-0.1, -0.05) is 23.8 Å². The van der Waals surface area contributed by atoms with Crippen LogP contribution in [0.5, 0.6) is 0 Å². The molecule has 0 unspecified atom stereocenters. The molecule has 1 aromatic carbocycles. The maximum atomic E-state index is 11.9. The highest BCUT2D eigenvalue weighted by Crippen LogP contribution is 2.11. The molecule has 0 atom stereocenters. The predicted molar refractivity (Wildman–Crippen MR) is 85.5 cm³/mol. The normalized spacial score (nSPS) is 10.1. The van der Waals surface area contributed by atoms with Crippen molar-refractivity contribution in [2.75, 3.05) is 11.9 Å². The van der Waals surface area contributed by atoms with Crippen molar-refractivity contribution in [2.24, 2.45) is 0 Å². The number of hydrogen-bond acceptors (Lipinski definition) is 3. The number of carbonyl (C=O) groups is 2. The summed E-state index contributed by atoms with van der Waals surface area (Å²) in [4.78, 5) is 27.6. The van der Waals surface area contributed by atoms with Crippen LogP contribution in [0, 0.1) is 13.8 Å². The van der Waals surface area contributed by atoms with Crippen LogP contribution in [0.15, 0.2) is 42.7 Å². The van der Waals surface area contributed by atoms with E-state index in [1.165, 1.54) is 0 Å². The summed E-state index contributed by atoms with van der Waals surface area (Å²) in [5, 5.41) is 5.29. The second-order valence-corrected chi connectivity index (χ2v) is 5.17. The number of aryl methyl sites for hydroxylation is 2. The summed E-state index contributed by atoms with van der Waals surface area (Å²) < 4.78 is 0. The van der Waals surface area contributed by atoms with Crippen LogP contribution in [0.4, 0.5) is 5.69 Å². The Morgan fingerprint density at radius 3 is 2.68 bits per heavy atom. The first-order valence-corrected chi connectivity index (χ1v) is 7.07. The molecule has 0 bridgehead atoms. The Bertz CT molecular complexity index is 669. The first-order chi connectivity index (χ1) is 10.5. The Kier molecular flexibility index (Phi) is 5.25. The summed E-state index contributed by atoms with van der Waals surface area (Å²) in [6, 6.07) is 9.47. The average molecular weight is 297 g/mol. The van der Waals surface area contributed by atoms with Gasteiger partial charge in [-0.3, -0.25) is 14.6 Å². The molecule has 22 heavy (non-hydrogen) atoms. The molecule has 0 saturated heterocycles. The number of hydrogen-bond donors (Lipinski definition) is 2. The van der Waals surface area contributed by atoms with Gasteiger partial charge in [-0.2, -0.15) is 0 Å². The van der Waals surface area contributed by atoms with Crippen molar-refractivity contribution < 1.29 is 9.59 Å². The molecule has 0 saturated carbocycles. The minimum absolute atomic E-state index is 0.0570. The highest BCUT2D eigenvalue weighted by atomic mass is 16.2. The fourth-order valence-electron chi connectivity index (χ4n) is 2.05. The molecule has 2 aromatic rings.